The first-order valence-electron chi connectivity index (χ1n) is 6.78. The first kappa shape index (κ1) is 15.7. The van der Waals surface area contributed by atoms with E-state index in [1.807, 2.05) is 6.07 Å². The number of hydrogen-bond acceptors (Lipinski definition) is 2. The molecule has 1 fully saturated rings. The van der Waals surface area contributed by atoms with Gasteiger partial charge in [0.25, 0.3) is 0 Å². The van der Waals surface area contributed by atoms with Gasteiger partial charge in [0.05, 0.1) is 7.57 Å². The van der Waals surface area contributed by atoms with Crippen LogP contribution < -0.4 is 0 Å². The Hall–Kier alpha value is 0.330. The van der Waals surface area contributed by atoms with Crippen LogP contribution in [0.15, 0.2) is 13.6 Å². The summed E-state index contributed by atoms with van der Waals surface area (Å²) in [5.41, 5.74) is 1.23. The molecule has 106 valence electrons. The Kier molecular flexibility index (Phi) is 4.95. The molecular formula is C15H20Br2OS. The number of rotatable bonds is 2. The Balaban J connectivity index is 2.02. The summed E-state index contributed by atoms with van der Waals surface area (Å²) in [6, 6.07) is 1.95. The Labute approximate surface area is 136 Å². The maximum Gasteiger partial charge on any atom is 0.167 e. The van der Waals surface area contributed by atoms with Crippen LogP contribution in [0.1, 0.15) is 56.8 Å². The predicted molar refractivity (Wildman–Crippen MR) is 89.0 cm³/mol. The second-order valence-corrected chi connectivity index (χ2v) is 10.3. The highest BCUT2D eigenvalue weighted by atomic mass is 79.9. The molecule has 0 spiro atoms. The van der Waals surface area contributed by atoms with Crippen LogP contribution in [-0.2, 0) is 0 Å². The minimum atomic E-state index is 0.219. The van der Waals surface area contributed by atoms with E-state index in [0.29, 0.717) is 11.2 Å². The SMILES string of the molecule is CC(C)(C)C1CCC(C(=O)c2cc(Br)sc2Br)CC1. The molecule has 0 saturated heterocycles. The van der Waals surface area contributed by atoms with Crippen molar-refractivity contribution in [3.8, 4) is 0 Å². The third-order valence-electron chi connectivity index (χ3n) is 4.24. The third-order valence-corrected chi connectivity index (χ3v) is 6.58. The number of carbonyl (C=O) groups is 1. The van der Waals surface area contributed by atoms with E-state index in [4.69, 9.17) is 0 Å². The molecule has 1 heterocycles. The zero-order valence-corrected chi connectivity index (χ0v) is 15.6. The Morgan fingerprint density at radius 3 is 2.21 bits per heavy atom. The summed E-state index contributed by atoms with van der Waals surface area (Å²) in [6.45, 7) is 6.94. The van der Waals surface area contributed by atoms with Gasteiger partial charge < -0.3 is 0 Å². The van der Waals surface area contributed by atoms with Crippen LogP contribution in [0.3, 0.4) is 0 Å². The van der Waals surface area contributed by atoms with Gasteiger partial charge in [0, 0.05) is 11.5 Å². The van der Waals surface area contributed by atoms with Crippen LogP contribution >= 0.6 is 43.2 Å². The van der Waals surface area contributed by atoms with E-state index in [1.54, 1.807) is 11.3 Å². The maximum absolute atomic E-state index is 12.5. The number of hydrogen-bond donors (Lipinski definition) is 0. The van der Waals surface area contributed by atoms with Gasteiger partial charge in [-0.2, -0.15) is 0 Å². The van der Waals surface area contributed by atoms with Gasteiger partial charge in [0.2, 0.25) is 0 Å². The Morgan fingerprint density at radius 2 is 1.79 bits per heavy atom. The van der Waals surface area contributed by atoms with Gasteiger partial charge in [-0.3, -0.25) is 4.79 Å². The molecule has 0 amide bonds. The van der Waals surface area contributed by atoms with Crippen molar-refractivity contribution < 1.29 is 4.79 Å². The summed E-state index contributed by atoms with van der Waals surface area (Å²) in [6.07, 6.45) is 4.45. The minimum absolute atomic E-state index is 0.219. The summed E-state index contributed by atoms with van der Waals surface area (Å²) >= 11 is 8.52. The lowest BCUT2D eigenvalue weighted by Gasteiger charge is -2.36. The molecule has 1 aliphatic rings. The van der Waals surface area contributed by atoms with Crippen LogP contribution in [0.4, 0.5) is 0 Å². The van der Waals surface area contributed by atoms with E-state index < -0.39 is 0 Å². The van der Waals surface area contributed by atoms with Crippen LogP contribution in [0, 0.1) is 17.3 Å². The van der Waals surface area contributed by atoms with Crippen LogP contribution in [0.2, 0.25) is 0 Å². The molecule has 0 aromatic carbocycles. The molecule has 0 N–H and O–H groups in total. The molecule has 1 aromatic rings. The first-order chi connectivity index (χ1) is 8.79. The van der Waals surface area contributed by atoms with Crippen molar-refractivity contribution in [1.29, 1.82) is 0 Å². The molecule has 0 unspecified atom stereocenters. The van der Waals surface area contributed by atoms with Crippen LogP contribution in [0.5, 0.6) is 0 Å². The molecule has 1 nitrogen and oxygen atoms in total. The maximum atomic E-state index is 12.5. The van der Waals surface area contributed by atoms with Gasteiger partial charge in [0.15, 0.2) is 5.78 Å². The quantitative estimate of drug-likeness (QED) is 0.525. The lowest BCUT2D eigenvalue weighted by molar-refractivity contribution is 0.0819. The molecule has 19 heavy (non-hydrogen) atoms. The average Bonchev–Trinajstić information content (AvgIpc) is 2.66. The molecule has 0 radical (unpaired) electrons. The average molecular weight is 408 g/mol. The fraction of sp³-hybridized carbons (Fsp3) is 0.667. The molecule has 0 aliphatic heterocycles. The van der Waals surface area contributed by atoms with Crippen molar-refractivity contribution in [3.05, 3.63) is 19.2 Å². The molecular weight excluding hydrogens is 388 g/mol. The van der Waals surface area contributed by atoms with Crippen molar-refractivity contribution in [2.45, 2.75) is 46.5 Å². The summed E-state index contributed by atoms with van der Waals surface area (Å²) < 4.78 is 1.98. The van der Waals surface area contributed by atoms with Gasteiger partial charge in [0.1, 0.15) is 0 Å². The standard InChI is InChI=1S/C15H20Br2OS/c1-15(2,3)10-6-4-9(5-7-10)13(18)11-8-12(16)19-14(11)17/h8-10H,4-7H2,1-3H3. The highest BCUT2D eigenvalue weighted by molar-refractivity contribution is 9.12. The van der Waals surface area contributed by atoms with Crippen molar-refractivity contribution in [3.63, 3.8) is 0 Å². The molecule has 1 aromatic heterocycles. The molecule has 1 saturated carbocycles. The van der Waals surface area contributed by atoms with E-state index in [1.165, 1.54) is 12.8 Å². The lowest BCUT2D eigenvalue weighted by Crippen LogP contribution is -2.28. The van der Waals surface area contributed by atoms with Crippen molar-refractivity contribution in [1.82, 2.24) is 0 Å². The highest BCUT2D eigenvalue weighted by Gasteiger charge is 2.33. The number of ketones is 1. The van der Waals surface area contributed by atoms with Gasteiger partial charge in [-0.25, -0.2) is 0 Å². The fourth-order valence-corrected chi connectivity index (χ4v) is 5.77. The van der Waals surface area contributed by atoms with Gasteiger partial charge in [-0.15, -0.1) is 11.3 Å². The zero-order chi connectivity index (χ0) is 14.2. The van der Waals surface area contributed by atoms with Crippen molar-refractivity contribution >= 4 is 49.0 Å². The second-order valence-electron chi connectivity index (χ2n) is 6.52. The number of thiophene rings is 1. The highest BCUT2D eigenvalue weighted by Crippen LogP contribution is 2.42. The molecule has 0 bridgehead atoms. The monoisotopic (exact) mass is 406 g/mol. The Bertz CT molecular complexity index is 465. The first-order valence-corrected chi connectivity index (χ1v) is 9.18. The van der Waals surface area contributed by atoms with Crippen molar-refractivity contribution in [2.75, 3.05) is 0 Å². The number of Topliss-reactive ketones (excluding diaryl/α,β-unsaturated/α-hetero) is 1. The summed E-state index contributed by atoms with van der Waals surface area (Å²) in [5.74, 6) is 1.30. The molecule has 0 atom stereocenters. The minimum Gasteiger partial charge on any atom is -0.294 e. The van der Waals surface area contributed by atoms with E-state index in [-0.39, 0.29) is 5.92 Å². The fourth-order valence-electron chi connectivity index (χ4n) is 2.95. The Morgan fingerprint density at radius 1 is 1.21 bits per heavy atom. The number of carbonyl (C=O) groups excluding carboxylic acids is 1. The van der Waals surface area contributed by atoms with Crippen molar-refractivity contribution in [2.24, 2.45) is 17.3 Å². The molecule has 1 aliphatic carbocycles. The van der Waals surface area contributed by atoms with Gasteiger partial charge >= 0.3 is 0 Å². The van der Waals surface area contributed by atoms with E-state index in [0.717, 1.165) is 31.9 Å². The van der Waals surface area contributed by atoms with Crippen LogP contribution in [0.25, 0.3) is 0 Å². The summed E-state index contributed by atoms with van der Waals surface area (Å²) in [5, 5.41) is 0. The zero-order valence-electron chi connectivity index (χ0n) is 11.6. The summed E-state index contributed by atoms with van der Waals surface area (Å²) in [7, 11) is 0. The van der Waals surface area contributed by atoms with Crippen LogP contribution in [-0.4, -0.2) is 5.78 Å². The van der Waals surface area contributed by atoms with Gasteiger partial charge in [-0.1, -0.05) is 20.8 Å². The largest absolute Gasteiger partial charge is 0.294 e. The predicted octanol–water partition coefficient (Wildman–Crippen LogP) is 6.31. The third kappa shape index (κ3) is 3.70. The second kappa shape index (κ2) is 5.98. The molecule has 4 heteroatoms. The topological polar surface area (TPSA) is 17.1 Å². The lowest BCUT2D eigenvalue weighted by atomic mass is 9.69. The van der Waals surface area contributed by atoms with E-state index >= 15 is 0 Å². The van der Waals surface area contributed by atoms with Gasteiger partial charge in [-0.05, 0) is 74.9 Å². The van der Waals surface area contributed by atoms with E-state index in [9.17, 15) is 4.79 Å². The normalized spacial score (nSPS) is 24.5. The summed E-state index contributed by atoms with van der Waals surface area (Å²) in [4.78, 5) is 12.5. The van der Waals surface area contributed by atoms with E-state index in [2.05, 4.69) is 52.6 Å². The number of halogens is 2. The molecule has 2 rings (SSSR count). The smallest absolute Gasteiger partial charge is 0.167 e.